The van der Waals surface area contributed by atoms with Gasteiger partial charge in [0.25, 0.3) is 0 Å². The smallest absolute Gasteiger partial charge is 0.197 e. The molecular weight excluding hydrogens is 330 g/mol. The lowest BCUT2D eigenvalue weighted by atomic mass is 10.1. The predicted molar refractivity (Wildman–Crippen MR) is 92.8 cm³/mol. The molecule has 1 aliphatic rings. The molecule has 24 heavy (non-hydrogen) atoms. The summed E-state index contributed by atoms with van der Waals surface area (Å²) in [5.74, 6) is 0.306. The third kappa shape index (κ3) is 2.45. The number of fused-ring (bicyclic) bond motifs is 3. The molecule has 9 heteroatoms. The van der Waals surface area contributed by atoms with E-state index in [1.54, 1.807) is 18.3 Å². The number of anilines is 1. The zero-order valence-electron chi connectivity index (χ0n) is 13.7. The molecule has 3 rings (SSSR count). The topological polar surface area (TPSA) is 121 Å². The van der Waals surface area contributed by atoms with E-state index in [2.05, 4.69) is 15.0 Å². The zero-order valence-corrected chi connectivity index (χ0v) is 14.5. The fourth-order valence-electron chi connectivity index (χ4n) is 3.22. The quantitative estimate of drug-likeness (QED) is 0.663. The van der Waals surface area contributed by atoms with E-state index in [9.17, 15) is 13.0 Å². The molecule has 2 aromatic heterocycles. The average molecular weight is 349 g/mol. The third-order valence-electron chi connectivity index (χ3n) is 4.26. The van der Waals surface area contributed by atoms with Gasteiger partial charge in [0.15, 0.2) is 34.4 Å². The second kappa shape index (κ2) is 5.47. The van der Waals surface area contributed by atoms with E-state index < -0.39 is 15.5 Å². The van der Waals surface area contributed by atoms with Gasteiger partial charge in [-0.3, -0.25) is 0 Å². The second-order valence-electron chi connectivity index (χ2n) is 6.41. The molecule has 0 saturated heterocycles. The predicted octanol–water partition coefficient (Wildman–Crippen LogP) is 1.74. The molecule has 2 N–H and O–H groups in total. The van der Waals surface area contributed by atoms with Crippen LogP contribution in [0.1, 0.15) is 20.8 Å². The van der Waals surface area contributed by atoms with Gasteiger partial charge < -0.3 is 10.3 Å². The highest BCUT2D eigenvalue weighted by atomic mass is 32.2. The van der Waals surface area contributed by atoms with Gasteiger partial charge in [0.05, 0.1) is 12.1 Å². The maximum Gasteiger partial charge on any atom is 0.197 e. The Labute approximate surface area is 140 Å². The Morgan fingerprint density at radius 1 is 1.33 bits per heavy atom. The first kappa shape index (κ1) is 16.7. The molecule has 0 aromatic carbocycles. The number of nitrogen functional groups attached to an aromatic ring is 1. The largest absolute Gasteiger partial charge is 0.743 e. The van der Waals surface area contributed by atoms with Gasteiger partial charge in [-0.05, 0) is 12.1 Å². The minimum atomic E-state index is -4.57. The summed E-state index contributed by atoms with van der Waals surface area (Å²) >= 11 is 0. The third-order valence-corrected chi connectivity index (χ3v) is 5.47. The summed E-state index contributed by atoms with van der Waals surface area (Å²) in [6, 6.07) is 3.47. The van der Waals surface area contributed by atoms with Gasteiger partial charge in [-0.2, -0.15) is 4.99 Å². The summed E-state index contributed by atoms with van der Waals surface area (Å²) in [5.41, 5.74) is 7.97. The van der Waals surface area contributed by atoms with Crippen LogP contribution >= 0.6 is 0 Å². The first-order valence-corrected chi connectivity index (χ1v) is 9.06. The maximum atomic E-state index is 11.8. The Bertz CT molecular complexity index is 942. The molecule has 0 amide bonds. The van der Waals surface area contributed by atoms with Gasteiger partial charge in [-0.15, -0.1) is 0 Å². The van der Waals surface area contributed by atoms with Crippen molar-refractivity contribution in [3.8, 4) is 0 Å². The van der Waals surface area contributed by atoms with Crippen LogP contribution in [0.2, 0.25) is 0 Å². The molecular formula is C15H19N5O3S. The van der Waals surface area contributed by atoms with Crippen LogP contribution in [-0.4, -0.2) is 41.2 Å². The molecule has 128 valence electrons. The molecule has 0 bridgehead atoms. The van der Waals surface area contributed by atoms with Crippen molar-refractivity contribution in [2.45, 2.75) is 26.1 Å². The number of aliphatic imine (C=N–C) groups is 1. The van der Waals surface area contributed by atoms with Crippen LogP contribution in [0, 0.1) is 5.92 Å². The summed E-state index contributed by atoms with van der Waals surface area (Å²) in [6.45, 7) is 5.69. The van der Waals surface area contributed by atoms with Crippen LogP contribution in [0.3, 0.4) is 0 Å². The molecule has 1 aliphatic heterocycles. The van der Waals surface area contributed by atoms with E-state index in [1.165, 1.54) is 13.3 Å². The van der Waals surface area contributed by atoms with Crippen LogP contribution in [-0.2, 0) is 10.1 Å². The van der Waals surface area contributed by atoms with E-state index >= 15 is 0 Å². The molecule has 2 unspecified atom stereocenters. The molecule has 0 radical (unpaired) electrons. The zero-order chi connectivity index (χ0) is 17.7. The highest BCUT2D eigenvalue weighted by Crippen LogP contribution is 2.47. The minimum Gasteiger partial charge on any atom is -0.743 e. The molecule has 2 aromatic rings. The Balaban J connectivity index is 2.39. The van der Waals surface area contributed by atoms with Gasteiger partial charge in [0.1, 0.15) is 10.1 Å². The van der Waals surface area contributed by atoms with E-state index in [0.717, 1.165) is 0 Å². The Morgan fingerprint density at radius 2 is 2.04 bits per heavy atom. The number of hydrogen-bond donors (Lipinski definition) is 1. The molecule has 0 spiro atoms. The lowest BCUT2D eigenvalue weighted by Crippen LogP contribution is -2.58. The van der Waals surface area contributed by atoms with E-state index in [4.69, 9.17) is 5.73 Å². The molecule has 0 fully saturated rings. The van der Waals surface area contributed by atoms with Gasteiger partial charge in [0, 0.05) is 19.0 Å². The summed E-state index contributed by atoms with van der Waals surface area (Å²) < 4.78 is 35.3. The standard InChI is InChI=1S/C15H19N5O3S/c1-9(2)7-20(10(3)24(21,22)23)8-18-13-14(20)12-11(19-15(13)16)5-4-6-17-12/h4-6,8-10H,7H2,1-3H3,(H2-,16,19,21,22,23). The normalized spacial score (nSPS) is 21.4. The number of rotatable bonds is 4. The van der Waals surface area contributed by atoms with Crippen molar-refractivity contribution in [1.82, 2.24) is 14.5 Å². The van der Waals surface area contributed by atoms with Gasteiger partial charge >= 0.3 is 0 Å². The Kier molecular flexibility index (Phi) is 3.82. The Morgan fingerprint density at radius 3 is 2.67 bits per heavy atom. The van der Waals surface area contributed by atoms with Gasteiger partial charge in [-0.25, -0.2) is 22.9 Å². The van der Waals surface area contributed by atoms with Gasteiger partial charge in [-0.1, -0.05) is 13.8 Å². The van der Waals surface area contributed by atoms with Crippen molar-refractivity contribution in [3.05, 3.63) is 18.3 Å². The van der Waals surface area contributed by atoms with Crippen molar-refractivity contribution in [3.63, 3.8) is 0 Å². The average Bonchev–Trinajstić information content (AvgIpc) is 2.86. The SMILES string of the molecule is CC(C)C[N+]1(C(C)S(=O)(=O)[O-])C=Nc2c(N)nc3cccnc3c21. The van der Waals surface area contributed by atoms with Gasteiger partial charge in [0.2, 0.25) is 0 Å². The Hall–Kier alpha value is -2.10. The van der Waals surface area contributed by atoms with Crippen LogP contribution < -0.4 is 10.2 Å². The second-order valence-corrected chi connectivity index (χ2v) is 8.08. The summed E-state index contributed by atoms with van der Waals surface area (Å²) in [6.07, 6.45) is 3.08. The molecule has 3 heterocycles. The van der Waals surface area contributed by atoms with Crippen LogP contribution in [0.4, 0.5) is 17.2 Å². The van der Waals surface area contributed by atoms with Crippen molar-refractivity contribution in [2.24, 2.45) is 10.9 Å². The number of aromatic nitrogens is 2. The summed E-state index contributed by atoms with van der Waals surface area (Å²) in [7, 11) is -4.57. The first-order valence-electron chi connectivity index (χ1n) is 7.59. The molecule has 8 nitrogen and oxygen atoms in total. The lowest BCUT2D eigenvalue weighted by Gasteiger charge is -2.38. The van der Waals surface area contributed by atoms with E-state index in [-0.39, 0.29) is 16.2 Å². The molecule has 0 aliphatic carbocycles. The highest BCUT2D eigenvalue weighted by Gasteiger charge is 2.47. The molecule has 0 saturated carbocycles. The van der Waals surface area contributed by atoms with Crippen molar-refractivity contribution >= 4 is 44.7 Å². The lowest BCUT2D eigenvalue weighted by molar-refractivity contribution is 0.334. The maximum absolute atomic E-state index is 11.8. The van der Waals surface area contributed by atoms with Crippen LogP contribution in [0.5, 0.6) is 0 Å². The van der Waals surface area contributed by atoms with E-state index in [0.29, 0.717) is 29.0 Å². The fraction of sp³-hybridized carbons (Fsp3) is 0.400. The van der Waals surface area contributed by atoms with Crippen LogP contribution in [0.15, 0.2) is 23.3 Å². The first-order chi connectivity index (χ1) is 11.2. The monoisotopic (exact) mass is 349 g/mol. The number of hydrogen-bond acceptors (Lipinski definition) is 7. The number of nitrogens with zero attached hydrogens (tertiary/aromatic N) is 4. The van der Waals surface area contributed by atoms with Crippen molar-refractivity contribution in [1.29, 1.82) is 0 Å². The summed E-state index contributed by atoms with van der Waals surface area (Å²) in [4.78, 5) is 12.9. The molecule has 2 atom stereocenters. The number of nitrogens with two attached hydrogens (primary N) is 1. The number of quaternary nitrogens is 1. The summed E-state index contributed by atoms with van der Waals surface area (Å²) in [5, 5.41) is -1.25. The fourth-order valence-corrected chi connectivity index (χ4v) is 3.93. The van der Waals surface area contributed by atoms with Crippen molar-refractivity contribution in [2.75, 3.05) is 12.3 Å². The minimum absolute atomic E-state index is 0.111. The van der Waals surface area contributed by atoms with Crippen LogP contribution in [0.25, 0.3) is 11.0 Å². The highest BCUT2D eigenvalue weighted by molar-refractivity contribution is 7.86. The van der Waals surface area contributed by atoms with E-state index in [1.807, 2.05) is 13.8 Å². The van der Waals surface area contributed by atoms with Crippen molar-refractivity contribution < 1.29 is 13.0 Å². The number of pyridine rings is 2.